The van der Waals surface area contributed by atoms with Crippen molar-refractivity contribution in [1.82, 2.24) is 0 Å². The maximum atomic E-state index is 13.1. The molecule has 1 N–H and O–H groups in total. The molecule has 0 spiro atoms. The van der Waals surface area contributed by atoms with Crippen LogP contribution in [0.1, 0.15) is 20.7 Å². The number of carbonyl (C=O) groups excluding carboxylic acids is 1. The molecule has 0 radical (unpaired) electrons. The van der Waals surface area contributed by atoms with E-state index >= 15 is 0 Å². The molecule has 2 aromatic rings. The number of carbonyl (C=O) groups is 2. The first-order valence-corrected chi connectivity index (χ1v) is 7.74. The van der Waals surface area contributed by atoms with E-state index in [0.717, 1.165) is 18.2 Å². The zero-order chi connectivity index (χ0) is 20.0. The Hall–Kier alpha value is -2.09. The second kappa shape index (κ2) is 9.56. The molecule has 0 aliphatic heterocycles. The van der Waals surface area contributed by atoms with Crippen LogP contribution in [0.4, 0.5) is 8.78 Å². The maximum Gasteiger partial charge on any atom is 0.335 e. The van der Waals surface area contributed by atoms with Crippen molar-refractivity contribution in [2.45, 2.75) is 0 Å². The number of carboxylic acid groups (broad SMARTS) is 1. The highest BCUT2D eigenvalue weighted by atomic mass is 35.5. The van der Waals surface area contributed by atoms with Gasteiger partial charge in [-0.1, -0.05) is 23.2 Å². The zero-order valence-electron chi connectivity index (χ0n) is 13.3. The monoisotopic (exact) mass is 426 g/mol. The molecule has 2 aromatic carbocycles. The highest BCUT2D eigenvalue weighted by Gasteiger charge is 2.13. The van der Waals surface area contributed by atoms with E-state index in [4.69, 9.17) is 39.9 Å². The molecule has 0 bridgehead atoms. The molecule has 26 heavy (non-hydrogen) atoms. The number of ether oxygens (including phenoxy) is 2. The van der Waals surface area contributed by atoms with Crippen LogP contribution in [0, 0.1) is 11.6 Å². The number of methoxy groups -OCH3 is 2. The van der Waals surface area contributed by atoms with E-state index in [2.05, 4.69) is 9.47 Å². The minimum absolute atomic E-state index is 0.00460. The molecular weight excluding hydrogens is 417 g/mol. The van der Waals surface area contributed by atoms with Crippen molar-refractivity contribution in [3.63, 3.8) is 0 Å². The van der Waals surface area contributed by atoms with Gasteiger partial charge in [-0.3, -0.25) is 4.79 Å². The lowest BCUT2D eigenvalue weighted by molar-refractivity contribution is 0.0696. The standard InChI is InChI=1S/C8H5Cl2FO2.C8H6ClFO3/c1-13-7-5(9)2-4(8(10)12)3-6(7)11;1-13-7-5(9)2-4(8(11)12)3-6(7)10/h2-3H,1H3;2-3H,1H3,(H,11,12). The molecule has 0 saturated heterocycles. The Bertz CT molecular complexity index is 727. The lowest BCUT2D eigenvalue weighted by Gasteiger charge is -2.04. The first-order valence-electron chi connectivity index (χ1n) is 6.61. The molecule has 0 saturated carbocycles. The van der Waals surface area contributed by atoms with Gasteiger partial charge in [-0.15, -0.1) is 0 Å². The summed E-state index contributed by atoms with van der Waals surface area (Å²) < 4.78 is 35.3. The van der Waals surface area contributed by atoms with E-state index < -0.39 is 22.8 Å². The van der Waals surface area contributed by atoms with Gasteiger partial charge in [0.15, 0.2) is 23.1 Å². The summed E-state index contributed by atoms with van der Waals surface area (Å²) in [7, 11) is 2.54. The highest BCUT2D eigenvalue weighted by Crippen LogP contribution is 2.29. The Morgan fingerprint density at radius 1 is 0.885 bits per heavy atom. The number of halogens is 5. The summed E-state index contributed by atoms with van der Waals surface area (Å²) in [4.78, 5) is 21.1. The third kappa shape index (κ3) is 5.45. The van der Waals surface area contributed by atoms with E-state index in [1.165, 1.54) is 20.3 Å². The summed E-state index contributed by atoms with van der Waals surface area (Å²) in [6.45, 7) is 0. The van der Waals surface area contributed by atoms with E-state index in [0.29, 0.717) is 0 Å². The molecule has 0 aromatic heterocycles. The van der Waals surface area contributed by atoms with Gasteiger partial charge in [0.2, 0.25) is 0 Å². The van der Waals surface area contributed by atoms with Crippen molar-refractivity contribution in [3.8, 4) is 11.5 Å². The Balaban J connectivity index is 0.000000260. The quantitative estimate of drug-likeness (QED) is 0.691. The highest BCUT2D eigenvalue weighted by molar-refractivity contribution is 6.67. The van der Waals surface area contributed by atoms with E-state index in [-0.39, 0.29) is 32.7 Å². The van der Waals surface area contributed by atoms with Crippen molar-refractivity contribution in [2.24, 2.45) is 0 Å². The lowest BCUT2D eigenvalue weighted by Crippen LogP contribution is -1.99. The van der Waals surface area contributed by atoms with Gasteiger partial charge in [-0.05, 0) is 35.9 Å². The maximum absolute atomic E-state index is 13.1. The van der Waals surface area contributed by atoms with Gasteiger partial charge in [0.25, 0.3) is 5.24 Å². The molecule has 0 heterocycles. The molecule has 0 atom stereocenters. The topological polar surface area (TPSA) is 72.8 Å². The minimum Gasteiger partial charge on any atom is -0.492 e. The van der Waals surface area contributed by atoms with Crippen molar-refractivity contribution in [1.29, 1.82) is 0 Å². The van der Waals surface area contributed by atoms with Crippen molar-refractivity contribution in [2.75, 3.05) is 14.2 Å². The smallest absolute Gasteiger partial charge is 0.335 e. The summed E-state index contributed by atoms with van der Waals surface area (Å²) in [6, 6.07) is 4.21. The van der Waals surface area contributed by atoms with Gasteiger partial charge >= 0.3 is 5.97 Å². The second-order valence-electron chi connectivity index (χ2n) is 4.53. The van der Waals surface area contributed by atoms with Crippen LogP contribution in [0.3, 0.4) is 0 Å². The van der Waals surface area contributed by atoms with E-state index in [9.17, 15) is 18.4 Å². The SMILES string of the molecule is COc1c(F)cc(C(=O)Cl)cc1Cl.COc1c(F)cc(C(=O)O)cc1Cl. The Morgan fingerprint density at radius 3 is 1.58 bits per heavy atom. The van der Waals surface area contributed by atoms with Gasteiger partial charge in [0.05, 0.1) is 29.8 Å². The lowest BCUT2D eigenvalue weighted by atomic mass is 10.2. The van der Waals surface area contributed by atoms with Crippen LogP contribution >= 0.6 is 34.8 Å². The molecule has 5 nitrogen and oxygen atoms in total. The Morgan fingerprint density at radius 2 is 1.27 bits per heavy atom. The predicted molar refractivity (Wildman–Crippen MR) is 93.1 cm³/mol. The normalized spacial score (nSPS) is 9.81. The fraction of sp³-hybridized carbons (Fsp3) is 0.125. The third-order valence-corrected chi connectivity index (χ3v) is 3.66. The first-order chi connectivity index (χ1) is 12.1. The fourth-order valence-electron chi connectivity index (χ4n) is 1.75. The Labute approximate surface area is 162 Å². The number of hydrogen-bond donors (Lipinski definition) is 1. The van der Waals surface area contributed by atoms with Gasteiger partial charge < -0.3 is 14.6 Å². The summed E-state index contributed by atoms with van der Waals surface area (Å²) in [5, 5.41) is 7.73. The largest absolute Gasteiger partial charge is 0.492 e. The molecule has 0 unspecified atom stereocenters. The summed E-state index contributed by atoms with van der Waals surface area (Å²) in [5.41, 5.74) is -0.201. The summed E-state index contributed by atoms with van der Waals surface area (Å²) in [5.74, 6) is -2.97. The number of aromatic carboxylic acids is 1. The third-order valence-electron chi connectivity index (χ3n) is 2.88. The van der Waals surface area contributed by atoms with Crippen LogP contribution in [0.5, 0.6) is 11.5 Å². The summed E-state index contributed by atoms with van der Waals surface area (Å²) >= 11 is 16.3. The van der Waals surface area contributed by atoms with Gasteiger partial charge in [0.1, 0.15) is 0 Å². The molecule has 0 aliphatic rings. The number of carboxylic acids is 1. The van der Waals surface area contributed by atoms with Crippen molar-refractivity contribution >= 4 is 46.0 Å². The number of hydrogen-bond acceptors (Lipinski definition) is 4. The van der Waals surface area contributed by atoms with Crippen LogP contribution in [0.2, 0.25) is 10.0 Å². The number of benzene rings is 2. The zero-order valence-corrected chi connectivity index (χ0v) is 15.5. The van der Waals surface area contributed by atoms with Crippen molar-refractivity contribution < 1.29 is 33.0 Å². The molecule has 0 amide bonds. The average Bonchev–Trinajstić information content (AvgIpc) is 2.54. The number of rotatable bonds is 4. The molecule has 0 aliphatic carbocycles. The van der Waals surface area contributed by atoms with Crippen LogP contribution in [-0.4, -0.2) is 30.5 Å². The van der Waals surface area contributed by atoms with Crippen LogP contribution in [-0.2, 0) is 0 Å². The molecule has 0 fully saturated rings. The average molecular weight is 428 g/mol. The summed E-state index contributed by atoms with van der Waals surface area (Å²) in [6.07, 6.45) is 0. The van der Waals surface area contributed by atoms with Crippen LogP contribution < -0.4 is 9.47 Å². The molecule has 2 rings (SSSR count). The minimum atomic E-state index is -1.23. The first kappa shape index (κ1) is 22.0. The Kier molecular flexibility index (Phi) is 8.08. The molecule has 10 heteroatoms. The van der Waals surface area contributed by atoms with Gasteiger partial charge in [0, 0.05) is 5.56 Å². The fourth-order valence-corrected chi connectivity index (χ4v) is 2.43. The van der Waals surface area contributed by atoms with Crippen molar-refractivity contribution in [3.05, 3.63) is 57.1 Å². The molecule has 140 valence electrons. The molecular formula is C16H11Cl3F2O5. The van der Waals surface area contributed by atoms with Gasteiger partial charge in [-0.25, -0.2) is 13.6 Å². The van der Waals surface area contributed by atoms with Crippen LogP contribution in [0.25, 0.3) is 0 Å². The van der Waals surface area contributed by atoms with E-state index in [1.807, 2.05) is 0 Å². The van der Waals surface area contributed by atoms with Gasteiger partial charge in [-0.2, -0.15) is 0 Å². The second-order valence-corrected chi connectivity index (χ2v) is 5.68. The van der Waals surface area contributed by atoms with E-state index in [1.54, 1.807) is 0 Å². The van der Waals surface area contributed by atoms with Crippen LogP contribution in [0.15, 0.2) is 24.3 Å². The predicted octanol–water partition coefficient (Wildman–Crippen LogP) is 5.05.